The number of aromatic nitrogens is 1. The van der Waals surface area contributed by atoms with Crippen LogP contribution in [-0.4, -0.2) is 29.4 Å². The van der Waals surface area contributed by atoms with Gasteiger partial charge in [0.25, 0.3) is 11.8 Å². The first-order valence-electron chi connectivity index (χ1n) is 11.7. The van der Waals surface area contributed by atoms with Crippen molar-refractivity contribution in [1.29, 1.82) is 0 Å². The number of anilines is 1. The molecule has 0 spiro atoms. The second-order valence-corrected chi connectivity index (χ2v) is 9.67. The van der Waals surface area contributed by atoms with E-state index in [1.165, 1.54) is 15.8 Å². The lowest BCUT2D eigenvalue weighted by atomic mass is 10.1. The Hall–Kier alpha value is -3.65. The number of carbonyl (C=O) groups excluding carboxylic acids is 3. The number of nitrogens with zero attached hydrogens (tertiary/aromatic N) is 3. The summed E-state index contributed by atoms with van der Waals surface area (Å²) in [6.45, 7) is 0.739. The van der Waals surface area contributed by atoms with Crippen molar-refractivity contribution in [3.63, 3.8) is 0 Å². The monoisotopic (exact) mass is 488 g/mol. The second kappa shape index (κ2) is 9.92. The number of carbonyl (C=O) groups is 3. The quantitative estimate of drug-likeness (QED) is 0.280. The lowest BCUT2D eigenvalue weighted by Gasteiger charge is -2.20. The fraction of sp³-hybridized carbons (Fsp3) is 0.259. The van der Waals surface area contributed by atoms with Gasteiger partial charge in [0, 0.05) is 42.8 Å². The molecule has 2 aromatic carbocycles. The number of thioether (sulfide) groups is 1. The highest BCUT2D eigenvalue weighted by Crippen LogP contribution is 2.46. The second-order valence-electron chi connectivity index (χ2n) is 8.61. The molecule has 178 valence electrons. The Morgan fingerprint density at radius 3 is 2.60 bits per heavy atom. The maximum Gasteiger partial charge on any atom is 0.333 e. The van der Waals surface area contributed by atoms with E-state index in [-0.39, 0.29) is 19.3 Å². The molecule has 2 aliphatic rings. The van der Waals surface area contributed by atoms with Gasteiger partial charge in [0.05, 0.1) is 16.1 Å². The first-order chi connectivity index (χ1) is 17.0. The Balaban J connectivity index is 1.29. The van der Waals surface area contributed by atoms with Gasteiger partial charge in [0.15, 0.2) is 6.20 Å². The number of benzene rings is 2. The molecule has 2 amide bonds. The molecule has 0 radical (unpaired) electrons. The molecule has 1 fully saturated rings. The van der Waals surface area contributed by atoms with Crippen LogP contribution in [0, 0.1) is 0 Å². The van der Waals surface area contributed by atoms with Crippen molar-refractivity contribution >= 4 is 52.2 Å². The van der Waals surface area contributed by atoms with Gasteiger partial charge in [-0.05, 0) is 42.7 Å². The first kappa shape index (κ1) is 23.1. The van der Waals surface area contributed by atoms with Crippen molar-refractivity contribution in [3.8, 4) is 0 Å². The summed E-state index contributed by atoms with van der Waals surface area (Å²) in [6.07, 6.45) is 6.01. The van der Waals surface area contributed by atoms with Gasteiger partial charge in [0.1, 0.15) is 7.05 Å². The van der Waals surface area contributed by atoms with Gasteiger partial charge >= 0.3 is 5.97 Å². The molecule has 3 heterocycles. The van der Waals surface area contributed by atoms with E-state index in [9.17, 15) is 14.4 Å². The number of para-hydroxylation sites is 2. The highest BCUT2D eigenvalue weighted by molar-refractivity contribution is 8.03. The number of hydrogen-bond acceptors (Lipinski definition) is 6. The van der Waals surface area contributed by atoms with Gasteiger partial charge in [-0.3, -0.25) is 9.59 Å². The van der Waals surface area contributed by atoms with Crippen molar-refractivity contribution in [3.05, 3.63) is 71.4 Å². The summed E-state index contributed by atoms with van der Waals surface area (Å²) < 4.78 is 2.12. The van der Waals surface area contributed by atoms with Crippen LogP contribution < -0.4 is 9.47 Å². The normalized spacial score (nSPS) is 16.4. The molecule has 2 aliphatic heterocycles. The van der Waals surface area contributed by atoms with Gasteiger partial charge in [-0.25, -0.2) is 9.36 Å². The Morgan fingerprint density at radius 2 is 1.77 bits per heavy atom. The molecule has 8 heteroatoms. The van der Waals surface area contributed by atoms with E-state index in [1.807, 2.05) is 25.2 Å². The van der Waals surface area contributed by atoms with Gasteiger partial charge in [-0.15, -0.1) is 5.06 Å². The third kappa shape index (κ3) is 4.79. The van der Waals surface area contributed by atoms with E-state index in [4.69, 9.17) is 4.84 Å². The average Bonchev–Trinajstić information content (AvgIpc) is 3.37. The topological polar surface area (TPSA) is 70.8 Å². The Bertz CT molecular complexity index is 1340. The molecule has 3 aromatic rings. The van der Waals surface area contributed by atoms with E-state index in [0.29, 0.717) is 11.5 Å². The van der Waals surface area contributed by atoms with Crippen LogP contribution in [0.5, 0.6) is 0 Å². The lowest BCUT2D eigenvalue weighted by Crippen LogP contribution is -2.32. The molecule has 0 bridgehead atoms. The molecular weight excluding hydrogens is 462 g/mol. The molecule has 0 saturated carbocycles. The van der Waals surface area contributed by atoms with Crippen molar-refractivity contribution in [1.82, 2.24) is 5.06 Å². The van der Waals surface area contributed by atoms with E-state index >= 15 is 0 Å². The van der Waals surface area contributed by atoms with Crippen molar-refractivity contribution in [2.45, 2.75) is 37.0 Å². The molecule has 7 nitrogen and oxygen atoms in total. The van der Waals surface area contributed by atoms with Crippen LogP contribution in [-0.2, 0) is 26.3 Å². The number of imide groups is 1. The number of hydrogen-bond donors (Lipinski definition) is 0. The minimum absolute atomic E-state index is 0.0994. The summed E-state index contributed by atoms with van der Waals surface area (Å²) >= 11 is 1.74. The van der Waals surface area contributed by atoms with Crippen LogP contribution in [0.1, 0.15) is 37.7 Å². The third-order valence-electron chi connectivity index (χ3n) is 6.20. The van der Waals surface area contributed by atoms with Crippen LogP contribution in [0.25, 0.3) is 17.0 Å². The molecular formula is C27H26N3O4S+. The Labute approximate surface area is 207 Å². The highest BCUT2D eigenvalue weighted by atomic mass is 32.2. The summed E-state index contributed by atoms with van der Waals surface area (Å²) in [5.41, 5.74) is 3.48. The zero-order chi connectivity index (χ0) is 24.4. The van der Waals surface area contributed by atoms with Crippen LogP contribution in [0.15, 0.2) is 70.7 Å². The SMILES string of the molecule is C[n+]1ccc(/C=C2\Sc3ccccc3N2CCCCC(=O)ON2C(=O)CCC2=O)c2ccccc21. The smallest absolute Gasteiger partial charge is 0.333 e. The van der Waals surface area contributed by atoms with E-state index in [2.05, 4.69) is 58.1 Å². The number of amides is 2. The van der Waals surface area contributed by atoms with Crippen molar-refractivity contribution < 1.29 is 23.8 Å². The maximum absolute atomic E-state index is 12.1. The maximum atomic E-state index is 12.1. The standard InChI is InChI=1S/C27H26N3O4S/c1-28-17-15-19(20-8-2-3-9-21(20)28)18-26-29(22-10-4-5-11-23(22)35-26)16-7-6-12-27(33)34-30-24(31)13-14-25(30)32/h2-5,8-11,15,17-18H,6-7,12-14,16H2,1H3/q+1. The van der Waals surface area contributed by atoms with Crippen LogP contribution in [0.2, 0.25) is 0 Å². The zero-order valence-corrected chi connectivity index (χ0v) is 20.3. The molecule has 0 atom stereocenters. The number of unbranched alkanes of at least 4 members (excludes halogenated alkanes) is 1. The van der Waals surface area contributed by atoms with Gasteiger partial charge in [0.2, 0.25) is 5.52 Å². The number of pyridine rings is 1. The van der Waals surface area contributed by atoms with Gasteiger partial charge < -0.3 is 9.74 Å². The molecule has 0 N–H and O–H groups in total. The van der Waals surface area contributed by atoms with Crippen LogP contribution in [0.4, 0.5) is 5.69 Å². The van der Waals surface area contributed by atoms with Crippen molar-refractivity contribution in [2.75, 3.05) is 11.4 Å². The fourth-order valence-corrected chi connectivity index (χ4v) is 5.52. The number of hydroxylamine groups is 2. The number of rotatable bonds is 7. The van der Waals surface area contributed by atoms with E-state index in [0.717, 1.165) is 29.2 Å². The van der Waals surface area contributed by atoms with E-state index < -0.39 is 17.8 Å². The van der Waals surface area contributed by atoms with Crippen LogP contribution in [0.3, 0.4) is 0 Å². The molecule has 5 rings (SSSR count). The summed E-state index contributed by atoms with van der Waals surface area (Å²) in [5.74, 6) is -1.46. The molecule has 1 saturated heterocycles. The lowest BCUT2D eigenvalue weighted by molar-refractivity contribution is -0.644. The average molecular weight is 489 g/mol. The van der Waals surface area contributed by atoms with Crippen LogP contribution >= 0.6 is 11.8 Å². The predicted molar refractivity (Wildman–Crippen MR) is 134 cm³/mol. The van der Waals surface area contributed by atoms with Crippen molar-refractivity contribution in [2.24, 2.45) is 7.05 Å². The summed E-state index contributed by atoms with van der Waals surface area (Å²) in [7, 11) is 2.05. The predicted octanol–water partition coefficient (Wildman–Crippen LogP) is 4.35. The largest absolute Gasteiger partial charge is 0.335 e. The van der Waals surface area contributed by atoms with E-state index in [1.54, 1.807) is 11.8 Å². The molecule has 35 heavy (non-hydrogen) atoms. The van der Waals surface area contributed by atoms with Gasteiger partial charge in [-0.2, -0.15) is 0 Å². The highest BCUT2D eigenvalue weighted by Gasteiger charge is 2.32. The third-order valence-corrected chi connectivity index (χ3v) is 7.31. The zero-order valence-electron chi connectivity index (χ0n) is 19.5. The summed E-state index contributed by atoms with van der Waals surface area (Å²) in [6, 6.07) is 18.8. The Kier molecular flexibility index (Phi) is 6.55. The number of aryl methyl sites for hydroxylation is 1. The molecule has 0 aliphatic carbocycles. The minimum atomic E-state index is -0.552. The Morgan fingerprint density at radius 1 is 1.03 bits per heavy atom. The first-order valence-corrected chi connectivity index (χ1v) is 12.5. The summed E-state index contributed by atoms with van der Waals surface area (Å²) in [4.78, 5) is 43.9. The molecule has 1 aromatic heterocycles. The van der Waals surface area contributed by atoms with Gasteiger partial charge in [-0.1, -0.05) is 36.0 Å². The fourth-order valence-electron chi connectivity index (χ4n) is 4.38. The summed E-state index contributed by atoms with van der Waals surface area (Å²) in [5, 5.41) is 2.94. The number of fused-ring (bicyclic) bond motifs is 2. The molecule has 0 unspecified atom stereocenters. The minimum Gasteiger partial charge on any atom is -0.335 e.